The molecule has 0 unspecified atom stereocenters. The van der Waals surface area contributed by atoms with Crippen molar-refractivity contribution >= 4 is 22.4 Å². The van der Waals surface area contributed by atoms with Gasteiger partial charge in [-0.2, -0.15) is 0 Å². The van der Waals surface area contributed by atoms with Gasteiger partial charge < -0.3 is 9.64 Å². The van der Waals surface area contributed by atoms with Crippen LogP contribution in [0.2, 0.25) is 0 Å². The predicted molar refractivity (Wildman–Crippen MR) is 98.5 cm³/mol. The number of fused-ring (bicyclic) bond motifs is 1. The SMILES string of the molecule is CC(C)N(C(=O)COc1cccc2ccccc12)c1ccccc1. The van der Waals surface area contributed by atoms with E-state index in [0.717, 1.165) is 22.2 Å². The Kier molecular flexibility index (Phi) is 4.80. The summed E-state index contributed by atoms with van der Waals surface area (Å²) >= 11 is 0. The molecule has 24 heavy (non-hydrogen) atoms. The summed E-state index contributed by atoms with van der Waals surface area (Å²) in [4.78, 5) is 14.5. The van der Waals surface area contributed by atoms with Crippen molar-refractivity contribution in [3.63, 3.8) is 0 Å². The summed E-state index contributed by atoms with van der Waals surface area (Å²) in [6.07, 6.45) is 0. The number of rotatable bonds is 5. The molecule has 0 N–H and O–H groups in total. The molecule has 0 saturated carbocycles. The fourth-order valence-corrected chi connectivity index (χ4v) is 2.85. The molecule has 1 amide bonds. The third kappa shape index (κ3) is 3.40. The van der Waals surface area contributed by atoms with Gasteiger partial charge in [0, 0.05) is 17.1 Å². The second-order valence-corrected chi connectivity index (χ2v) is 5.96. The summed E-state index contributed by atoms with van der Waals surface area (Å²) < 4.78 is 5.84. The van der Waals surface area contributed by atoms with Gasteiger partial charge in [-0.25, -0.2) is 0 Å². The monoisotopic (exact) mass is 319 g/mol. The molecule has 0 radical (unpaired) electrons. The minimum atomic E-state index is -0.0517. The first kappa shape index (κ1) is 16.1. The Labute approximate surface area is 142 Å². The van der Waals surface area contributed by atoms with Crippen molar-refractivity contribution in [2.24, 2.45) is 0 Å². The van der Waals surface area contributed by atoms with E-state index in [-0.39, 0.29) is 18.6 Å². The minimum Gasteiger partial charge on any atom is -0.483 e. The van der Waals surface area contributed by atoms with Gasteiger partial charge in [0.2, 0.25) is 0 Å². The molecule has 3 rings (SSSR count). The Balaban J connectivity index is 1.78. The van der Waals surface area contributed by atoms with E-state index in [1.165, 1.54) is 0 Å². The summed E-state index contributed by atoms with van der Waals surface area (Å²) in [5.41, 5.74) is 0.888. The van der Waals surface area contributed by atoms with Crippen LogP contribution in [0, 0.1) is 0 Å². The molecule has 122 valence electrons. The lowest BCUT2D eigenvalue weighted by Gasteiger charge is -2.27. The standard InChI is InChI=1S/C21H21NO2/c1-16(2)22(18-11-4-3-5-12-18)21(23)15-24-20-14-8-10-17-9-6-7-13-19(17)20/h3-14,16H,15H2,1-2H3. The summed E-state index contributed by atoms with van der Waals surface area (Å²) in [7, 11) is 0. The molecule has 0 saturated heterocycles. The van der Waals surface area contributed by atoms with Gasteiger partial charge in [-0.05, 0) is 37.4 Å². The van der Waals surface area contributed by atoms with E-state index in [2.05, 4.69) is 0 Å². The number of carbonyl (C=O) groups is 1. The molecule has 0 spiro atoms. The number of nitrogens with zero attached hydrogens (tertiary/aromatic N) is 1. The first-order chi connectivity index (χ1) is 11.7. The van der Waals surface area contributed by atoms with E-state index in [9.17, 15) is 4.79 Å². The average Bonchev–Trinajstić information content (AvgIpc) is 2.60. The van der Waals surface area contributed by atoms with Gasteiger partial charge in [-0.3, -0.25) is 4.79 Å². The first-order valence-corrected chi connectivity index (χ1v) is 8.14. The minimum absolute atomic E-state index is 0.0150. The number of ether oxygens (including phenoxy) is 1. The summed E-state index contributed by atoms with van der Waals surface area (Å²) in [6, 6.07) is 23.6. The molecule has 0 fully saturated rings. The van der Waals surface area contributed by atoms with Gasteiger partial charge in [0.25, 0.3) is 5.91 Å². The smallest absolute Gasteiger partial charge is 0.265 e. The van der Waals surface area contributed by atoms with Crippen LogP contribution in [0.15, 0.2) is 72.8 Å². The normalized spacial score (nSPS) is 10.8. The highest BCUT2D eigenvalue weighted by Gasteiger charge is 2.19. The topological polar surface area (TPSA) is 29.5 Å². The van der Waals surface area contributed by atoms with Gasteiger partial charge in [0.1, 0.15) is 5.75 Å². The summed E-state index contributed by atoms with van der Waals surface area (Å²) in [6.45, 7) is 4.02. The Morgan fingerprint density at radius 3 is 2.33 bits per heavy atom. The van der Waals surface area contributed by atoms with Crippen molar-refractivity contribution in [1.82, 2.24) is 0 Å². The van der Waals surface area contributed by atoms with Crippen molar-refractivity contribution in [1.29, 1.82) is 0 Å². The van der Waals surface area contributed by atoms with Crippen molar-refractivity contribution in [3.8, 4) is 5.75 Å². The molecular formula is C21H21NO2. The average molecular weight is 319 g/mol. The Hall–Kier alpha value is -2.81. The van der Waals surface area contributed by atoms with Crippen molar-refractivity contribution < 1.29 is 9.53 Å². The van der Waals surface area contributed by atoms with Crippen LogP contribution in [0.1, 0.15) is 13.8 Å². The van der Waals surface area contributed by atoms with Crippen LogP contribution < -0.4 is 9.64 Å². The van der Waals surface area contributed by atoms with Gasteiger partial charge in [-0.1, -0.05) is 54.6 Å². The summed E-state index contributed by atoms with van der Waals surface area (Å²) in [5.74, 6) is 0.683. The highest BCUT2D eigenvalue weighted by Crippen LogP contribution is 2.25. The largest absolute Gasteiger partial charge is 0.483 e. The fraction of sp³-hybridized carbons (Fsp3) is 0.190. The van der Waals surface area contributed by atoms with Gasteiger partial charge in [0.15, 0.2) is 6.61 Å². The molecule has 0 aliphatic heterocycles. The van der Waals surface area contributed by atoms with Crippen molar-refractivity contribution in [2.45, 2.75) is 19.9 Å². The maximum atomic E-state index is 12.7. The molecule has 0 atom stereocenters. The molecule has 3 aromatic rings. The molecule has 3 aromatic carbocycles. The highest BCUT2D eigenvalue weighted by molar-refractivity contribution is 5.95. The third-order valence-corrected chi connectivity index (χ3v) is 3.92. The number of carbonyl (C=O) groups excluding carboxylic acids is 1. The van der Waals surface area contributed by atoms with E-state index < -0.39 is 0 Å². The molecule has 0 heterocycles. The number of hydrogen-bond donors (Lipinski definition) is 0. The lowest BCUT2D eigenvalue weighted by Crippen LogP contribution is -2.40. The van der Waals surface area contributed by atoms with Crippen LogP contribution in [-0.4, -0.2) is 18.6 Å². The van der Waals surface area contributed by atoms with Crippen LogP contribution in [0.25, 0.3) is 10.8 Å². The molecule has 3 nitrogen and oxygen atoms in total. The zero-order chi connectivity index (χ0) is 16.9. The fourth-order valence-electron chi connectivity index (χ4n) is 2.85. The van der Waals surface area contributed by atoms with Crippen LogP contribution >= 0.6 is 0 Å². The zero-order valence-electron chi connectivity index (χ0n) is 14.0. The lowest BCUT2D eigenvalue weighted by atomic mass is 10.1. The van der Waals surface area contributed by atoms with E-state index in [1.54, 1.807) is 4.90 Å². The second kappa shape index (κ2) is 7.18. The molecule has 0 aliphatic carbocycles. The summed E-state index contributed by atoms with van der Waals surface area (Å²) in [5, 5.41) is 2.12. The Morgan fingerprint density at radius 1 is 0.917 bits per heavy atom. The molecule has 0 bridgehead atoms. The maximum absolute atomic E-state index is 12.7. The molecule has 3 heteroatoms. The zero-order valence-corrected chi connectivity index (χ0v) is 14.0. The molecule has 0 aromatic heterocycles. The van der Waals surface area contributed by atoms with Gasteiger partial charge in [0.05, 0.1) is 0 Å². The van der Waals surface area contributed by atoms with Gasteiger partial charge >= 0.3 is 0 Å². The van der Waals surface area contributed by atoms with Gasteiger partial charge in [-0.15, -0.1) is 0 Å². The Morgan fingerprint density at radius 2 is 1.58 bits per heavy atom. The predicted octanol–water partition coefficient (Wildman–Crippen LogP) is 4.66. The molecular weight excluding hydrogens is 298 g/mol. The number of hydrogen-bond acceptors (Lipinski definition) is 2. The van der Waals surface area contributed by atoms with E-state index in [4.69, 9.17) is 4.74 Å². The second-order valence-electron chi connectivity index (χ2n) is 5.96. The van der Waals surface area contributed by atoms with Crippen molar-refractivity contribution in [3.05, 3.63) is 72.8 Å². The van der Waals surface area contributed by atoms with Crippen molar-refractivity contribution in [2.75, 3.05) is 11.5 Å². The van der Waals surface area contributed by atoms with E-state index in [0.29, 0.717) is 0 Å². The lowest BCUT2D eigenvalue weighted by molar-refractivity contribution is -0.120. The van der Waals surface area contributed by atoms with Crippen LogP contribution in [0.3, 0.4) is 0 Å². The van der Waals surface area contributed by atoms with E-state index in [1.807, 2.05) is 86.6 Å². The number of benzene rings is 3. The van der Waals surface area contributed by atoms with Crippen LogP contribution in [0.4, 0.5) is 5.69 Å². The molecule has 0 aliphatic rings. The highest BCUT2D eigenvalue weighted by atomic mass is 16.5. The number of anilines is 1. The Bertz CT molecular complexity index is 822. The van der Waals surface area contributed by atoms with Crippen LogP contribution in [0.5, 0.6) is 5.75 Å². The maximum Gasteiger partial charge on any atom is 0.265 e. The quantitative estimate of drug-likeness (QED) is 0.684. The third-order valence-electron chi connectivity index (χ3n) is 3.92. The number of para-hydroxylation sites is 1. The number of amides is 1. The van der Waals surface area contributed by atoms with Crippen LogP contribution in [-0.2, 0) is 4.79 Å². The van der Waals surface area contributed by atoms with E-state index >= 15 is 0 Å². The first-order valence-electron chi connectivity index (χ1n) is 8.14.